The van der Waals surface area contributed by atoms with Gasteiger partial charge in [-0.2, -0.15) is 0 Å². The van der Waals surface area contributed by atoms with Crippen LogP contribution in [0.25, 0.3) is 0 Å². The first-order valence-electron chi connectivity index (χ1n) is 8.84. The van der Waals surface area contributed by atoms with Crippen molar-refractivity contribution in [3.63, 3.8) is 0 Å². The molecule has 0 saturated carbocycles. The summed E-state index contributed by atoms with van der Waals surface area (Å²) in [6.45, 7) is 3.82. The van der Waals surface area contributed by atoms with E-state index in [-0.39, 0.29) is 0 Å². The lowest BCUT2D eigenvalue weighted by molar-refractivity contribution is 0.654. The average Bonchev–Trinajstić information content (AvgIpc) is 3.17. The lowest BCUT2D eigenvalue weighted by Crippen LogP contribution is -2.28. The predicted octanol–water partition coefficient (Wildman–Crippen LogP) is 4.81. The minimum atomic E-state index is 0.712. The fraction of sp³-hybridized carbons (Fsp3) is 0.389. The molecule has 6 nitrogen and oxygen atoms in total. The zero-order chi connectivity index (χ0) is 18.1. The van der Waals surface area contributed by atoms with E-state index in [4.69, 9.17) is 0 Å². The van der Waals surface area contributed by atoms with Crippen molar-refractivity contribution in [2.24, 2.45) is 0 Å². The maximum Gasteiger partial charge on any atom is 0.233 e. The summed E-state index contributed by atoms with van der Waals surface area (Å²) in [6.07, 6.45) is 4.23. The van der Waals surface area contributed by atoms with Crippen LogP contribution in [0.3, 0.4) is 0 Å². The zero-order valence-electron chi connectivity index (χ0n) is 14.5. The van der Waals surface area contributed by atoms with Gasteiger partial charge in [0, 0.05) is 17.4 Å². The van der Waals surface area contributed by atoms with E-state index in [0.29, 0.717) is 6.54 Å². The maximum atomic E-state index is 4.61. The van der Waals surface area contributed by atoms with Crippen LogP contribution in [0.15, 0.2) is 33.5 Å². The van der Waals surface area contributed by atoms with E-state index >= 15 is 0 Å². The molecule has 0 unspecified atom stereocenters. The largest absolute Gasteiger partial charge is 0.333 e. The number of nitrogens with zero attached hydrogens (tertiary/aromatic N) is 5. The molecule has 1 aromatic carbocycles. The molecule has 0 bridgehead atoms. The summed E-state index contributed by atoms with van der Waals surface area (Å²) in [5, 5.41) is 8.99. The molecule has 3 heterocycles. The quantitative estimate of drug-likeness (QED) is 0.515. The van der Waals surface area contributed by atoms with Crippen LogP contribution < -0.4 is 4.90 Å². The number of halogens is 2. The number of aromatic amines is 1. The number of hydrogen-bond donors (Lipinski definition) is 1. The molecule has 4 rings (SSSR count). The first-order valence-corrected chi connectivity index (χ1v) is 10.4. The van der Waals surface area contributed by atoms with Gasteiger partial charge in [0.1, 0.15) is 5.82 Å². The van der Waals surface area contributed by atoms with Crippen LogP contribution in [0.5, 0.6) is 0 Å². The molecule has 2 aromatic heterocycles. The molecule has 0 radical (unpaired) electrons. The van der Waals surface area contributed by atoms with Gasteiger partial charge in [0.2, 0.25) is 5.95 Å². The summed E-state index contributed by atoms with van der Waals surface area (Å²) < 4.78 is 4.03. The van der Waals surface area contributed by atoms with Crippen LogP contribution in [-0.4, -0.2) is 31.3 Å². The standard InChI is InChI=1S/C18H20Br2N6/c1-2-3-4-8-25-16-14(21-17(20)22-16)11-26-15(23-24-18(25)26)10-12-6-5-7-13(19)9-12/h5-7,9H,2-4,8,10-11H2,1H3,(H,21,22). The van der Waals surface area contributed by atoms with Gasteiger partial charge in [-0.05, 0) is 40.0 Å². The number of fused-ring (bicyclic) bond motifs is 2. The highest BCUT2D eigenvalue weighted by atomic mass is 79.9. The smallest absolute Gasteiger partial charge is 0.233 e. The van der Waals surface area contributed by atoms with Gasteiger partial charge < -0.3 is 4.98 Å². The number of benzene rings is 1. The number of anilines is 2. The fourth-order valence-corrected chi connectivity index (χ4v) is 4.18. The first-order chi connectivity index (χ1) is 12.7. The number of rotatable bonds is 6. The van der Waals surface area contributed by atoms with Crippen molar-refractivity contribution >= 4 is 43.6 Å². The number of H-pyrrole nitrogens is 1. The van der Waals surface area contributed by atoms with Gasteiger partial charge in [-0.1, -0.05) is 47.8 Å². The Kier molecular flexibility index (Phi) is 5.13. The highest BCUT2D eigenvalue weighted by Gasteiger charge is 2.29. The summed E-state index contributed by atoms with van der Waals surface area (Å²) in [4.78, 5) is 10.1. The van der Waals surface area contributed by atoms with Gasteiger partial charge in [-0.25, -0.2) is 4.98 Å². The molecule has 8 heteroatoms. The molecular weight excluding hydrogens is 460 g/mol. The number of nitrogens with one attached hydrogen (secondary N) is 1. The van der Waals surface area contributed by atoms with Crippen LogP contribution in [-0.2, 0) is 13.0 Å². The van der Waals surface area contributed by atoms with Crippen molar-refractivity contribution < 1.29 is 0 Å². The molecule has 1 aliphatic heterocycles. The third-order valence-electron chi connectivity index (χ3n) is 4.59. The summed E-state index contributed by atoms with van der Waals surface area (Å²) in [5.41, 5.74) is 2.31. The number of imidazole rings is 1. The van der Waals surface area contributed by atoms with Crippen LogP contribution in [0.2, 0.25) is 0 Å². The number of hydrogen-bond acceptors (Lipinski definition) is 4. The second kappa shape index (κ2) is 7.52. The Morgan fingerprint density at radius 1 is 1.19 bits per heavy atom. The summed E-state index contributed by atoms with van der Waals surface area (Å²) in [7, 11) is 0. The Morgan fingerprint density at radius 3 is 2.88 bits per heavy atom. The molecule has 0 aliphatic carbocycles. The molecule has 0 fully saturated rings. The van der Waals surface area contributed by atoms with Crippen LogP contribution >= 0.6 is 31.9 Å². The highest BCUT2D eigenvalue weighted by Crippen LogP contribution is 2.34. The summed E-state index contributed by atoms with van der Waals surface area (Å²) in [6, 6.07) is 8.33. The second-order valence-electron chi connectivity index (χ2n) is 6.50. The fourth-order valence-electron chi connectivity index (χ4n) is 3.33. The molecule has 0 atom stereocenters. The Balaban J connectivity index is 1.66. The molecule has 136 valence electrons. The molecule has 0 saturated heterocycles. The molecule has 0 amide bonds. The lowest BCUT2D eigenvalue weighted by atomic mass is 10.1. The van der Waals surface area contributed by atoms with Crippen LogP contribution in [0, 0.1) is 0 Å². The third-order valence-corrected chi connectivity index (χ3v) is 5.45. The minimum Gasteiger partial charge on any atom is -0.333 e. The summed E-state index contributed by atoms with van der Waals surface area (Å²) in [5.74, 6) is 2.81. The molecule has 1 aliphatic rings. The molecular formula is C18H20Br2N6. The first kappa shape index (κ1) is 17.7. The SMILES string of the molecule is CCCCCN1c2nc(Br)[nH]c2Cn2c(Cc3cccc(Br)c3)nnc21. The normalized spacial score (nSPS) is 13.0. The van der Waals surface area contributed by atoms with Gasteiger partial charge in [0.25, 0.3) is 0 Å². The van der Waals surface area contributed by atoms with E-state index in [1.807, 2.05) is 12.1 Å². The van der Waals surface area contributed by atoms with Crippen molar-refractivity contribution in [3.8, 4) is 0 Å². The van der Waals surface area contributed by atoms with Crippen LogP contribution in [0.4, 0.5) is 11.8 Å². The highest BCUT2D eigenvalue weighted by molar-refractivity contribution is 9.10. The Morgan fingerprint density at radius 2 is 2.08 bits per heavy atom. The van der Waals surface area contributed by atoms with Crippen molar-refractivity contribution in [2.75, 3.05) is 11.4 Å². The summed E-state index contributed by atoms with van der Waals surface area (Å²) >= 11 is 7.01. The Hall–Kier alpha value is -1.67. The monoisotopic (exact) mass is 478 g/mol. The van der Waals surface area contributed by atoms with Crippen molar-refractivity contribution in [2.45, 2.75) is 39.2 Å². The molecule has 0 spiro atoms. The van der Waals surface area contributed by atoms with E-state index in [1.54, 1.807) is 0 Å². The van der Waals surface area contributed by atoms with E-state index in [1.165, 1.54) is 18.4 Å². The van der Waals surface area contributed by atoms with Gasteiger partial charge in [-0.15, -0.1) is 10.2 Å². The van der Waals surface area contributed by atoms with Crippen molar-refractivity contribution in [3.05, 3.63) is 50.6 Å². The Bertz CT molecular complexity index is 916. The van der Waals surface area contributed by atoms with Crippen molar-refractivity contribution in [1.29, 1.82) is 0 Å². The predicted molar refractivity (Wildman–Crippen MR) is 109 cm³/mol. The van der Waals surface area contributed by atoms with Gasteiger partial charge in [0.05, 0.1) is 12.2 Å². The van der Waals surface area contributed by atoms with Crippen molar-refractivity contribution in [1.82, 2.24) is 24.7 Å². The van der Waals surface area contributed by atoms with E-state index < -0.39 is 0 Å². The molecule has 1 N–H and O–H groups in total. The molecule has 3 aromatic rings. The number of aromatic nitrogens is 5. The number of unbranched alkanes of at least 4 members (excludes halogenated alkanes) is 2. The molecule has 26 heavy (non-hydrogen) atoms. The maximum absolute atomic E-state index is 4.61. The topological polar surface area (TPSA) is 62.6 Å². The van der Waals surface area contributed by atoms with Crippen LogP contribution in [0.1, 0.15) is 43.3 Å². The van der Waals surface area contributed by atoms with E-state index in [0.717, 1.165) is 51.9 Å². The lowest BCUT2D eigenvalue weighted by Gasteiger charge is -2.27. The van der Waals surface area contributed by atoms with Gasteiger partial charge in [-0.3, -0.25) is 9.47 Å². The minimum absolute atomic E-state index is 0.712. The third kappa shape index (κ3) is 3.44. The average molecular weight is 480 g/mol. The zero-order valence-corrected chi connectivity index (χ0v) is 17.7. The second-order valence-corrected chi connectivity index (χ2v) is 8.16. The Labute approximate surface area is 169 Å². The van der Waals surface area contributed by atoms with E-state index in [9.17, 15) is 0 Å². The van der Waals surface area contributed by atoms with Gasteiger partial charge in [0.15, 0.2) is 10.6 Å². The van der Waals surface area contributed by atoms with E-state index in [2.05, 4.69) is 80.5 Å². The van der Waals surface area contributed by atoms with Gasteiger partial charge >= 0.3 is 0 Å².